The lowest BCUT2D eigenvalue weighted by atomic mass is 9.90. The van der Waals surface area contributed by atoms with E-state index in [1.54, 1.807) is 12.3 Å². The molecule has 0 saturated carbocycles. The predicted octanol–water partition coefficient (Wildman–Crippen LogP) is 3.72. The molecule has 2 saturated heterocycles. The van der Waals surface area contributed by atoms with Crippen LogP contribution in [0.5, 0.6) is 0 Å². The molecule has 0 aliphatic carbocycles. The van der Waals surface area contributed by atoms with E-state index in [-0.39, 0.29) is 30.2 Å². The minimum absolute atomic E-state index is 0.0652. The molecule has 1 N–H and O–H groups in total. The van der Waals surface area contributed by atoms with Gasteiger partial charge in [0, 0.05) is 62.4 Å². The van der Waals surface area contributed by atoms with Crippen molar-refractivity contribution in [1.82, 2.24) is 19.9 Å². The molecule has 5 rings (SSSR count). The van der Waals surface area contributed by atoms with Crippen molar-refractivity contribution >= 4 is 44.0 Å². The summed E-state index contributed by atoms with van der Waals surface area (Å²) in [5, 5.41) is 5.24. The number of methoxy groups -OCH3 is 1. The van der Waals surface area contributed by atoms with Gasteiger partial charge in [-0.2, -0.15) is 4.98 Å². The molecule has 0 amide bonds. The molecule has 0 bridgehead atoms. The van der Waals surface area contributed by atoms with Crippen LogP contribution in [0.15, 0.2) is 30.7 Å². The monoisotopic (exact) mass is 557 g/mol. The molecule has 0 unspecified atom stereocenters. The van der Waals surface area contributed by atoms with E-state index in [9.17, 15) is 12.8 Å². The van der Waals surface area contributed by atoms with Crippen LogP contribution in [-0.2, 0) is 14.6 Å². The zero-order valence-corrected chi connectivity index (χ0v) is 23.8. The summed E-state index contributed by atoms with van der Waals surface area (Å²) in [4.78, 5) is 22.4. The van der Waals surface area contributed by atoms with Gasteiger partial charge in [0.15, 0.2) is 0 Å². The summed E-state index contributed by atoms with van der Waals surface area (Å²) in [7, 11) is -1.50. The smallest absolute Gasteiger partial charge is 0.227 e. The molecule has 3 aromatic rings. The number of fused-ring (bicyclic) bond motifs is 1. The number of nitrogens with one attached hydrogen (secondary N) is 1. The zero-order chi connectivity index (χ0) is 27.9. The van der Waals surface area contributed by atoms with Crippen LogP contribution >= 0.6 is 0 Å². The molecule has 3 aromatic heterocycles. The molecule has 210 valence electrons. The molecule has 0 spiro atoms. The van der Waals surface area contributed by atoms with Crippen molar-refractivity contribution in [3.05, 3.63) is 36.3 Å². The topological polar surface area (TPSA) is 113 Å². The number of aromatic nitrogens is 4. The number of anilines is 4. The largest absolute Gasteiger partial charge is 0.378 e. The molecule has 10 nitrogen and oxygen atoms in total. The molecule has 4 atom stereocenters. The van der Waals surface area contributed by atoms with Crippen molar-refractivity contribution in [3.63, 3.8) is 0 Å². The zero-order valence-electron chi connectivity index (χ0n) is 23.0. The van der Waals surface area contributed by atoms with Crippen molar-refractivity contribution in [2.75, 3.05) is 53.9 Å². The summed E-state index contributed by atoms with van der Waals surface area (Å²) < 4.78 is 43.3. The minimum Gasteiger partial charge on any atom is -0.378 e. The first-order valence-corrected chi connectivity index (χ1v) is 15.3. The highest BCUT2D eigenvalue weighted by atomic mass is 32.2. The van der Waals surface area contributed by atoms with Crippen molar-refractivity contribution in [3.8, 4) is 0 Å². The van der Waals surface area contributed by atoms with Crippen molar-refractivity contribution < 1.29 is 17.5 Å². The van der Waals surface area contributed by atoms with Crippen LogP contribution in [0.1, 0.15) is 38.7 Å². The maximum Gasteiger partial charge on any atom is 0.227 e. The molecular weight excluding hydrogens is 521 g/mol. The van der Waals surface area contributed by atoms with Crippen LogP contribution in [0.4, 0.5) is 27.8 Å². The van der Waals surface area contributed by atoms with Gasteiger partial charge in [-0.05, 0) is 42.3 Å². The minimum atomic E-state index is -3.04. The molecule has 0 aromatic carbocycles. The normalized spacial score (nSPS) is 23.8. The van der Waals surface area contributed by atoms with Gasteiger partial charge in [0.05, 0.1) is 18.4 Å². The summed E-state index contributed by atoms with van der Waals surface area (Å²) in [6, 6.07) is 3.82. The molecule has 12 heteroatoms. The van der Waals surface area contributed by atoms with Crippen LogP contribution in [0.25, 0.3) is 10.8 Å². The van der Waals surface area contributed by atoms with Gasteiger partial charge < -0.3 is 19.9 Å². The number of rotatable bonds is 8. The molecule has 2 aliphatic rings. The summed E-state index contributed by atoms with van der Waals surface area (Å²) >= 11 is 0. The Kier molecular flexibility index (Phi) is 7.60. The van der Waals surface area contributed by atoms with Crippen LogP contribution in [-0.4, -0.2) is 85.4 Å². The predicted molar refractivity (Wildman–Crippen MR) is 151 cm³/mol. The van der Waals surface area contributed by atoms with E-state index in [0.29, 0.717) is 37.1 Å². The van der Waals surface area contributed by atoms with Gasteiger partial charge >= 0.3 is 0 Å². The third-order valence-electron chi connectivity index (χ3n) is 7.76. The molecular formula is C27H36FN7O3S. The Morgan fingerprint density at radius 3 is 2.62 bits per heavy atom. The van der Waals surface area contributed by atoms with Gasteiger partial charge in [-0.25, -0.2) is 27.8 Å². The quantitative estimate of drug-likeness (QED) is 0.440. The number of halogens is 1. The molecule has 39 heavy (non-hydrogen) atoms. The number of hydrogen-bond donors (Lipinski definition) is 1. The number of piperidine rings is 1. The number of nitrogens with zero attached hydrogens (tertiary/aromatic N) is 6. The summed E-state index contributed by atoms with van der Waals surface area (Å²) in [5.41, 5.74) is 1.10. The summed E-state index contributed by atoms with van der Waals surface area (Å²) in [6.07, 6.45) is 5.73. The van der Waals surface area contributed by atoms with E-state index < -0.39 is 22.1 Å². The van der Waals surface area contributed by atoms with Crippen molar-refractivity contribution in [2.24, 2.45) is 5.92 Å². The van der Waals surface area contributed by atoms with Gasteiger partial charge in [-0.1, -0.05) is 13.8 Å². The highest BCUT2D eigenvalue weighted by Gasteiger charge is 2.39. The first-order valence-electron chi connectivity index (χ1n) is 13.3. The highest BCUT2D eigenvalue weighted by Crippen LogP contribution is 2.38. The Labute approximate surface area is 228 Å². The van der Waals surface area contributed by atoms with Crippen LogP contribution in [0.2, 0.25) is 0 Å². The molecule has 5 heterocycles. The maximum atomic E-state index is 14.4. The standard InChI is InChI=1S/C27H36FN7O3S/c1-16(2)20-11-31-26(35-13-18(17(35)3)15-39(5,36)37)21-12-30-25(10-19(20)21)32-24-6-8-29-27(33-24)34-9-7-23(38-4)22(28)14-34/h6,8,10-12,16-18,22-23H,7,9,13-15H2,1-5H3,(H,29,30,32,33)/t17-,18-,22-,23+/m1/s1. The second-order valence-electron chi connectivity index (χ2n) is 10.9. The SMILES string of the molecule is CO[C@H]1CCN(c2nccc(Nc3cc4c(C(C)C)cnc(N5C[C@H](CS(C)(=O)=O)[C@H]5C)c4cn3)n2)C[C@H]1F. The number of alkyl halides is 1. The van der Waals surface area contributed by atoms with E-state index in [4.69, 9.17) is 9.72 Å². The maximum absolute atomic E-state index is 14.4. The van der Waals surface area contributed by atoms with Gasteiger partial charge in [-0.15, -0.1) is 0 Å². The Morgan fingerprint density at radius 2 is 1.95 bits per heavy atom. The lowest BCUT2D eigenvalue weighted by Crippen LogP contribution is -2.57. The number of pyridine rings is 2. The average molecular weight is 558 g/mol. The molecule has 2 aliphatic heterocycles. The van der Waals surface area contributed by atoms with Gasteiger partial charge in [0.1, 0.15) is 33.5 Å². The fraction of sp³-hybridized carbons (Fsp3) is 0.556. The van der Waals surface area contributed by atoms with E-state index in [0.717, 1.165) is 22.2 Å². The summed E-state index contributed by atoms with van der Waals surface area (Å²) in [6.45, 7) is 7.73. The van der Waals surface area contributed by atoms with E-state index >= 15 is 0 Å². The summed E-state index contributed by atoms with van der Waals surface area (Å²) in [5.74, 6) is 2.96. The third-order valence-corrected chi connectivity index (χ3v) is 8.80. The first kappa shape index (κ1) is 27.4. The Hall–Kier alpha value is -3.12. The van der Waals surface area contributed by atoms with Crippen molar-refractivity contribution in [2.45, 2.75) is 51.4 Å². The van der Waals surface area contributed by atoms with Crippen LogP contribution in [0.3, 0.4) is 0 Å². The van der Waals surface area contributed by atoms with E-state index in [1.165, 1.54) is 13.4 Å². The van der Waals surface area contributed by atoms with Gasteiger partial charge in [-0.3, -0.25) is 0 Å². The van der Waals surface area contributed by atoms with Crippen LogP contribution < -0.4 is 15.1 Å². The average Bonchev–Trinajstić information content (AvgIpc) is 2.89. The fourth-order valence-corrected chi connectivity index (χ4v) is 6.64. The number of sulfone groups is 1. The van der Waals surface area contributed by atoms with E-state index in [2.05, 4.69) is 39.0 Å². The Bertz CT molecular complexity index is 1450. The second-order valence-corrected chi connectivity index (χ2v) is 13.1. The highest BCUT2D eigenvalue weighted by molar-refractivity contribution is 7.90. The van der Waals surface area contributed by atoms with Gasteiger partial charge in [0.25, 0.3) is 0 Å². The van der Waals surface area contributed by atoms with E-state index in [1.807, 2.05) is 30.3 Å². The molecule has 0 radical (unpaired) electrons. The van der Waals surface area contributed by atoms with Crippen molar-refractivity contribution in [1.29, 1.82) is 0 Å². The second kappa shape index (κ2) is 10.8. The number of ether oxygens (including phenoxy) is 1. The Balaban J connectivity index is 1.40. The van der Waals surface area contributed by atoms with Crippen LogP contribution in [0, 0.1) is 5.92 Å². The third kappa shape index (κ3) is 5.76. The first-order chi connectivity index (χ1) is 18.5. The van der Waals surface area contributed by atoms with Gasteiger partial charge in [0.2, 0.25) is 5.95 Å². The number of hydrogen-bond acceptors (Lipinski definition) is 10. The lowest BCUT2D eigenvalue weighted by molar-refractivity contribution is 0.0194. The molecule has 2 fully saturated rings. The Morgan fingerprint density at radius 1 is 1.15 bits per heavy atom. The fourth-order valence-electron chi connectivity index (χ4n) is 5.48. The lowest BCUT2D eigenvalue weighted by Gasteiger charge is -2.47.